The van der Waals surface area contributed by atoms with E-state index in [0.717, 1.165) is 4.90 Å². The van der Waals surface area contributed by atoms with Crippen LogP contribution in [0.5, 0.6) is 0 Å². The van der Waals surface area contributed by atoms with Crippen LogP contribution in [0.2, 0.25) is 0 Å². The Bertz CT molecular complexity index is 426. The molecule has 0 radical (unpaired) electrons. The molecule has 0 spiro atoms. The summed E-state index contributed by atoms with van der Waals surface area (Å²) in [6.07, 6.45) is -2.87. The molecule has 0 unspecified atom stereocenters. The van der Waals surface area contributed by atoms with Crippen molar-refractivity contribution in [3.05, 3.63) is 18.0 Å². The van der Waals surface area contributed by atoms with Gasteiger partial charge >= 0.3 is 6.18 Å². The molecule has 1 rings (SSSR count). The highest BCUT2D eigenvalue weighted by molar-refractivity contribution is 5.93. The number of nitrogens with two attached hydrogens (primary N) is 1. The van der Waals surface area contributed by atoms with E-state index in [1.54, 1.807) is 6.92 Å². The molecule has 0 atom stereocenters. The van der Waals surface area contributed by atoms with Crippen LogP contribution >= 0.6 is 0 Å². The van der Waals surface area contributed by atoms with Crippen molar-refractivity contribution in [1.82, 2.24) is 9.47 Å². The van der Waals surface area contributed by atoms with Crippen LogP contribution in [0.1, 0.15) is 24.3 Å². The first-order valence-electron chi connectivity index (χ1n) is 5.60. The fraction of sp³-hybridized carbons (Fsp3) is 0.545. The fourth-order valence-corrected chi connectivity index (χ4v) is 1.68. The fourth-order valence-electron chi connectivity index (χ4n) is 1.68. The lowest BCUT2D eigenvalue weighted by Crippen LogP contribution is -2.39. The van der Waals surface area contributed by atoms with Crippen molar-refractivity contribution < 1.29 is 18.0 Å². The van der Waals surface area contributed by atoms with Crippen molar-refractivity contribution >= 4 is 11.6 Å². The zero-order valence-electron chi connectivity index (χ0n) is 10.3. The number of carbonyl (C=O) groups is 1. The summed E-state index contributed by atoms with van der Waals surface area (Å²) in [5, 5.41) is 0. The van der Waals surface area contributed by atoms with Gasteiger partial charge in [0.2, 0.25) is 0 Å². The number of rotatable bonds is 4. The van der Waals surface area contributed by atoms with Crippen LogP contribution in [0, 0.1) is 0 Å². The van der Waals surface area contributed by atoms with Crippen molar-refractivity contribution in [1.29, 1.82) is 0 Å². The normalized spacial score (nSPS) is 11.6. The second-order valence-electron chi connectivity index (χ2n) is 3.88. The average Bonchev–Trinajstić information content (AvgIpc) is 2.65. The summed E-state index contributed by atoms with van der Waals surface area (Å²) in [7, 11) is 0. The van der Waals surface area contributed by atoms with Gasteiger partial charge in [-0.1, -0.05) is 0 Å². The Morgan fingerprint density at radius 1 is 1.44 bits per heavy atom. The van der Waals surface area contributed by atoms with Crippen molar-refractivity contribution in [3.63, 3.8) is 0 Å². The van der Waals surface area contributed by atoms with Gasteiger partial charge < -0.3 is 15.2 Å². The number of nitrogen functional groups attached to an aromatic ring is 1. The molecule has 1 aromatic rings. The van der Waals surface area contributed by atoms with E-state index in [9.17, 15) is 18.0 Å². The smallest absolute Gasteiger partial charge is 0.397 e. The molecule has 0 fully saturated rings. The molecule has 102 valence electrons. The van der Waals surface area contributed by atoms with E-state index in [1.165, 1.54) is 23.8 Å². The molecule has 0 saturated carbocycles. The minimum absolute atomic E-state index is 0.00680. The van der Waals surface area contributed by atoms with E-state index < -0.39 is 18.6 Å². The van der Waals surface area contributed by atoms with Crippen LogP contribution in [0.4, 0.5) is 18.9 Å². The number of hydrogen-bond donors (Lipinski definition) is 1. The molecule has 18 heavy (non-hydrogen) atoms. The van der Waals surface area contributed by atoms with Gasteiger partial charge in [-0.15, -0.1) is 0 Å². The molecule has 1 heterocycles. The Morgan fingerprint density at radius 2 is 2.06 bits per heavy atom. The third kappa shape index (κ3) is 3.41. The SMILES string of the molecule is CCN(CC(F)(F)F)C(=O)c1cc(N)cn1CC. The van der Waals surface area contributed by atoms with Gasteiger partial charge in [0.15, 0.2) is 0 Å². The second-order valence-corrected chi connectivity index (χ2v) is 3.88. The maximum absolute atomic E-state index is 12.3. The molecule has 0 aliphatic carbocycles. The lowest BCUT2D eigenvalue weighted by molar-refractivity contribution is -0.140. The Morgan fingerprint density at radius 3 is 2.50 bits per heavy atom. The number of anilines is 1. The zero-order chi connectivity index (χ0) is 13.9. The van der Waals surface area contributed by atoms with Gasteiger partial charge in [-0.05, 0) is 19.9 Å². The molecule has 0 aliphatic heterocycles. The predicted molar refractivity (Wildman–Crippen MR) is 62.2 cm³/mol. The Balaban J connectivity index is 2.96. The van der Waals surface area contributed by atoms with Crippen LogP contribution in [0.25, 0.3) is 0 Å². The summed E-state index contributed by atoms with van der Waals surface area (Å²) in [6, 6.07) is 1.39. The first-order chi connectivity index (χ1) is 8.28. The summed E-state index contributed by atoms with van der Waals surface area (Å²) in [5.41, 5.74) is 6.09. The molecule has 0 aromatic carbocycles. The monoisotopic (exact) mass is 263 g/mol. The summed E-state index contributed by atoms with van der Waals surface area (Å²) >= 11 is 0. The molecule has 4 nitrogen and oxygen atoms in total. The van der Waals surface area contributed by atoms with Gasteiger partial charge in [0.1, 0.15) is 12.2 Å². The molecule has 2 N–H and O–H groups in total. The van der Waals surface area contributed by atoms with Gasteiger partial charge in [-0.3, -0.25) is 4.79 Å². The quantitative estimate of drug-likeness (QED) is 0.904. The molecular formula is C11H16F3N3O. The number of amides is 1. The van der Waals surface area contributed by atoms with E-state index in [2.05, 4.69) is 0 Å². The molecule has 0 saturated heterocycles. The lowest BCUT2D eigenvalue weighted by atomic mass is 10.3. The first-order valence-corrected chi connectivity index (χ1v) is 5.60. The lowest BCUT2D eigenvalue weighted by Gasteiger charge is -2.22. The first kappa shape index (κ1) is 14.4. The molecule has 1 amide bonds. The van der Waals surface area contributed by atoms with Gasteiger partial charge in [0, 0.05) is 19.3 Å². The van der Waals surface area contributed by atoms with Crippen LogP contribution in [0.15, 0.2) is 12.3 Å². The molecule has 1 aromatic heterocycles. The highest BCUT2D eigenvalue weighted by Crippen LogP contribution is 2.19. The predicted octanol–water partition coefficient (Wildman–Crippen LogP) is 2.11. The van der Waals surface area contributed by atoms with Gasteiger partial charge in [-0.25, -0.2) is 0 Å². The topological polar surface area (TPSA) is 51.3 Å². The third-order valence-corrected chi connectivity index (χ3v) is 2.52. The minimum atomic E-state index is -4.40. The van der Waals surface area contributed by atoms with E-state index in [-0.39, 0.29) is 12.2 Å². The Labute approximate surface area is 103 Å². The van der Waals surface area contributed by atoms with Gasteiger partial charge in [0.05, 0.1) is 5.69 Å². The van der Waals surface area contributed by atoms with E-state index in [1.807, 2.05) is 0 Å². The largest absolute Gasteiger partial charge is 0.406 e. The van der Waals surface area contributed by atoms with Crippen molar-refractivity contribution in [3.8, 4) is 0 Å². The average molecular weight is 263 g/mol. The minimum Gasteiger partial charge on any atom is -0.397 e. The number of halogens is 3. The summed E-state index contributed by atoms with van der Waals surface area (Å²) in [4.78, 5) is 12.7. The number of carbonyl (C=O) groups excluding carboxylic acids is 1. The third-order valence-electron chi connectivity index (χ3n) is 2.52. The summed E-state index contributed by atoms with van der Waals surface area (Å²) < 4.78 is 38.5. The standard InChI is InChI=1S/C11H16F3N3O/c1-3-16-6-8(15)5-9(16)10(18)17(4-2)7-11(12,13)14/h5-6H,3-4,7,15H2,1-2H3. The van der Waals surface area contributed by atoms with Crippen molar-refractivity contribution in [2.45, 2.75) is 26.6 Å². The summed E-state index contributed by atoms with van der Waals surface area (Å²) in [5.74, 6) is -0.659. The number of hydrogen-bond acceptors (Lipinski definition) is 2. The van der Waals surface area contributed by atoms with Gasteiger partial charge in [0.25, 0.3) is 5.91 Å². The highest BCUT2D eigenvalue weighted by atomic mass is 19.4. The number of alkyl halides is 3. The van der Waals surface area contributed by atoms with E-state index in [0.29, 0.717) is 12.2 Å². The highest BCUT2D eigenvalue weighted by Gasteiger charge is 2.33. The zero-order valence-corrected chi connectivity index (χ0v) is 10.3. The maximum Gasteiger partial charge on any atom is 0.406 e. The number of aromatic nitrogens is 1. The Hall–Kier alpha value is -1.66. The van der Waals surface area contributed by atoms with Crippen LogP contribution < -0.4 is 5.73 Å². The van der Waals surface area contributed by atoms with Crippen LogP contribution in [0.3, 0.4) is 0 Å². The Kier molecular flexibility index (Phi) is 4.26. The van der Waals surface area contributed by atoms with E-state index in [4.69, 9.17) is 5.73 Å². The second kappa shape index (κ2) is 5.32. The maximum atomic E-state index is 12.3. The molecule has 7 heteroatoms. The summed E-state index contributed by atoms with van der Waals surface area (Å²) in [6.45, 7) is 2.51. The number of nitrogens with zero attached hydrogens (tertiary/aromatic N) is 2. The van der Waals surface area contributed by atoms with Crippen LogP contribution in [-0.2, 0) is 6.54 Å². The number of aryl methyl sites for hydroxylation is 1. The van der Waals surface area contributed by atoms with Crippen molar-refractivity contribution in [2.75, 3.05) is 18.8 Å². The van der Waals surface area contributed by atoms with E-state index >= 15 is 0 Å². The molecular weight excluding hydrogens is 247 g/mol. The van der Waals surface area contributed by atoms with Crippen LogP contribution in [-0.4, -0.2) is 34.6 Å². The molecule has 0 bridgehead atoms. The van der Waals surface area contributed by atoms with Crippen molar-refractivity contribution in [2.24, 2.45) is 0 Å². The molecule has 0 aliphatic rings. The van der Waals surface area contributed by atoms with Gasteiger partial charge in [-0.2, -0.15) is 13.2 Å².